The second-order valence-electron chi connectivity index (χ2n) is 8.65. The van der Waals surface area contributed by atoms with Crippen LogP contribution in [0.5, 0.6) is 0 Å². The average molecular weight is 458 g/mol. The van der Waals surface area contributed by atoms with Crippen molar-refractivity contribution in [2.45, 2.75) is 46.3 Å². The molecule has 1 unspecified atom stereocenters. The molecule has 0 saturated carbocycles. The van der Waals surface area contributed by atoms with Crippen LogP contribution < -0.4 is 0 Å². The molecule has 2 rings (SSSR count). The lowest BCUT2D eigenvalue weighted by Gasteiger charge is -2.21. The van der Waals surface area contributed by atoms with E-state index in [4.69, 9.17) is 18.9 Å². The van der Waals surface area contributed by atoms with Crippen molar-refractivity contribution in [3.8, 4) is 0 Å². The number of hydrogen-bond donors (Lipinski definition) is 0. The summed E-state index contributed by atoms with van der Waals surface area (Å²) in [5.74, 6) is 0.490. The first-order valence-corrected chi connectivity index (χ1v) is 10.8. The van der Waals surface area contributed by atoms with Gasteiger partial charge in [0.2, 0.25) is 6.29 Å². The van der Waals surface area contributed by atoms with E-state index >= 15 is 0 Å². The van der Waals surface area contributed by atoms with Gasteiger partial charge in [0.05, 0.1) is 12.3 Å². The Morgan fingerprint density at radius 2 is 1.85 bits per heavy atom. The van der Waals surface area contributed by atoms with E-state index in [0.29, 0.717) is 5.76 Å². The van der Waals surface area contributed by atoms with E-state index in [1.165, 1.54) is 12.7 Å². The van der Waals surface area contributed by atoms with Crippen molar-refractivity contribution in [1.82, 2.24) is 9.78 Å². The minimum Gasteiger partial charge on any atom is -0.452 e. The Morgan fingerprint density at radius 3 is 2.36 bits per heavy atom. The van der Waals surface area contributed by atoms with E-state index in [1.807, 2.05) is 32.2 Å². The first kappa shape index (κ1) is 26.1. The van der Waals surface area contributed by atoms with E-state index in [0.717, 1.165) is 22.5 Å². The van der Waals surface area contributed by atoms with Crippen LogP contribution in [0.4, 0.5) is 4.79 Å². The molecule has 2 aromatic rings. The van der Waals surface area contributed by atoms with Crippen LogP contribution >= 0.6 is 0 Å². The standard InChI is InChI=1S/C25H35N3O5/c1-17-15-22(28(7)27-17)23(32-18(2)33-24(29)31-14-13-30-8)21(16-26-6)19-9-11-20(12-10-19)25(3,4)5/h9-12,15-16,18H,13-14H2,1-8H3/b23-21-,26-16-. The molecular weight excluding hydrogens is 422 g/mol. The Kier molecular flexibility index (Phi) is 9.22. The van der Waals surface area contributed by atoms with Gasteiger partial charge in [0.15, 0.2) is 5.76 Å². The summed E-state index contributed by atoms with van der Waals surface area (Å²) in [6.07, 6.45) is -0.0207. The fourth-order valence-corrected chi connectivity index (χ4v) is 3.20. The maximum absolute atomic E-state index is 12.0. The summed E-state index contributed by atoms with van der Waals surface area (Å²) < 4.78 is 23.0. The molecule has 0 amide bonds. The molecule has 0 aliphatic rings. The Bertz CT molecular complexity index is 984. The van der Waals surface area contributed by atoms with E-state index < -0.39 is 12.4 Å². The highest BCUT2D eigenvalue weighted by molar-refractivity contribution is 6.18. The van der Waals surface area contributed by atoms with Gasteiger partial charge in [-0.1, -0.05) is 45.0 Å². The van der Waals surface area contributed by atoms with Crippen molar-refractivity contribution >= 4 is 23.7 Å². The van der Waals surface area contributed by atoms with Crippen LogP contribution in [0.15, 0.2) is 35.3 Å². The van der Waals surface area contributed by atoms with E-state index in [-0.39, 0.29) is 18.6 Å². The van der Waals surface area contributed by atoms with Gasteiger partial charge in [0.1, 0.15) is 12.3 Å². The lowest BCUT2D eigenvalue weighted by Crippen LogP contribution is -2.21. The minimum absolute atomic E-state index is 0.0330. The van der Waals surface area contributed by atoms with Gasteiger partial charge in [0.25, 0.3) is 0 Å². The lowest BCUT2D eigenvalue weighted by atomic mass is 9.86. The largest absolute Gasteiger partial charge is 0.511 e. The number of aromatic nitrogens is 2. The van der Waals surface area contributed by atoms with Gasteiger partial charge in [-0.2, -0.15) is 5.10 Å². The lowest BCUT2D eigenvalue weighted by molar-refractivity contribution is -0.0700. The van der Waals surface area contributed by atoms with Crippen LogP contribution in [0.2, 0.25) is 0 Å². The van der Waals surface area contributed by atoms with Gasteiger partial charge in [-0.25, -0.2) is 4.79 Å². The van der Waals surface area contributed by atoms with Crippen LogP contribution in [0.3, 0.4) is 0 Å². The molecular formula is C25H35N3O5. The number of nitrogens with zero attached hydrogens (tertiary/aromatic N) is 3. The van der Waals surface area contributed by atoms with Gasteiger partial charge in [-0.15, -0.1) is 0 Å². The van der Waals surface area contributed by atoms with Crippen LogP contribution in [0.25, 0.3) is 11.3 Å². The number of benzene rings is 1. The Balaban J connectivity index is 2.47. The summed E-state index contributed by atoms with van der Waals surface area (Å²) in [4.78, 5) is 16.2. The molecule has 180 valence electrons. The molecule has 0 spiro atoms. The number of rotatable bonds is 9. The molecule has 0 N–H and O–H groups in total. The monoisotopic (exact) mass is 457 g/mol. The highest BCUT2D eigenvalue weighted by Gasteiger charge is 2.22. The zero-order chi connectivity index (χ0) is 24.6. The topological polar surface area (TPSA) is 84.2 Å². The Morgan fingerprint density at radius 1 is 1.18 bits per heavy atom. The number of aryl methyl sites for hydroxylation is 2. The zero-order valence-electron chi connectivity index (χ0n) is 20.8. The van der Waals surface area contributed by atoms with Crippen molar-refractivity contribution < 1.29 is 23.7 Å². The number of ether oxygens (including phenoxy) is 4. The second-order valence-corrected chi connectivity index (χ2v) is 8.65. The van der Waals surface area contributed by atoms with E-state index in [9.17, 15) is 4.79 Å². The number of methoxy groups -OCH3 is 1. The molecule has 8 nitrogen and oxygen atoms in total. The number of hydrogen-bond acceptors (Lipinski definition) is 7. The van der Waals surface area contributed by atoms with Gasteiger partial charge in [0, 0.05) is 39.9 Å². The molecule has 0 radical (unpaired) electrons. The van der Waals surface area contributed by atoms with E-state index in [1.54, 1.807) is 24.9 Å². The average Bonchev–Trinajstić information content (AvgIpc) is 3.08. The predicted octanol–water partition coefficient (Wildman–Crippen LogP) is 4.76. The Hall–Kier alpha value is -3.13. The van der Waals surface area contributed by atoms with Crippen LogP contribution in [-0.2, 0) is 31.4 Å². The van der Waals surface area contributed by atoms with Gasteiger partial charge >= 0.3 is 6.16 Å². The summed E-state index contributed by atoms with van der Waals surface area (Å²) in [6, 6.07) is 10.2. The SMILES string of the molecule is C/N=C\C(=C(\OC(C)OC(=O)OCCOC)c1cc(C)nn1C)c1ccc(C(C)(C)C)cc1. The maximum Gasteiger partial charge on any atom is 0.511 e. The minimum atomic E-state index is -0.917. The van der Waals surface area contributed by atoms with Crippen molar-refractivity contribution in [2.75, 3.05) is 27.4 Å². The van der Waals surface area contributed by atoms with Crippen molar-refractivity contribution in [1.29, 1.82) is 0 Å². The van der Waals surface area contributed by atoms with E-state index in [2.05, 4.69) is 43.0 Å². The second kappa shape index (κ2) is 11.7. The summed E-state index contributed by atoms with van der Waals surface area (Å²) in [7, 11) is 5.06. The van der Waals surface area contributed by atoms with Gasteiger partial charge in [-0.05, 0) is 29.5 Å². The summed E-state index contributed by atoms with van der Waals surface area (Å²) in [6.45, 7) is 10.4. The molecule has 0 bridgehead atoms. The highest BCUT2D eigenvalue weighted by atomic mass is 16.8. The van der Waals surface area contributed by atoms with Crippen molar-refractivity contribution in [3.63, 3.8) is 0 Å². The number of aliphatic imine (C=N–C) groups is 1. The number of allylic oxidation sites excluding steroid dienone is 1. The molecule has 0 aliphatic carbocycles. The predicted molar refractivity (Wildman–Crippen MR) is 129 cm³/mol. The summed E-state index contributed by atoms with van der Waals surface area (Å²) in [5, 5.41) is 4.44. The summed E-state index contributed by atoms with van der Waals surface area (Å²) in [5.41, 5.74) is 4.46. The molecule has 33 heavy (non-hydrogen) atoms. The van der Waals surface area contributed by atoms with Crippen molar-refractivity contribution in [3.05, 3.63) is 52.8 Å². The molecule has 0 fully saturated rings. The quantitative estimate of drug-likeness (QED) is 0.178. The van der Waals surface area contributed by atoms with Crippen LogP contribution in [-0.4, -0.2) is 55.8 Å². The highest BCUT2D eigenvalue weighted by Crippen LogP contribution is 2.30. The third-order valence-electron chi connectivity index (χ3n) is 4.85. The third kappa shape index (κ3) is 7.46. The molecule has 1 heterocycles. The smallest absolute Gasteiger partial charge is 0.452 e. The molecule has 0 aliphatic heterocycles. The number of carbonyl (C=O) groups is 1. The van der Waals surface area contributed by atoms with Crippen molar-refractivity contribution in [2.24, 2.45) is 12.0 Å². The summed E-state index contributed by atoms with van der Waals surface area (Å²) >= 11 is 0. The normalized spacial score (nSPS) is 13.6. The first-order valence-electron chi connectivity index (χ1n) is 10.8. The first-order chi connectivity index (χ1) is 15.6. The molecule has 1 aromatic carbocycles. The van der Waals surface area contributed by atoms with Gasteiger partial charge in [-0.3, -0.25) is 9.67 Å². The zero-order valence-corrected chi connectivity index (χ0v) is 20.8. The third-order valence-corrected chi connectivity index (χ3v) is 4.85. The fourth-order valence-electron chi connectivity index (χ4n) is 3.20. The maximum atomic E-state index is 12.0. The molecule has 0 saturated heterocycles. The Labute approximate surface area is 196 Å². The molecule has 1 aromatic heterocycles. The van der Waals surface area contributed by atoms with Crippen LogP contribution in [0, 0.1) is 6.92 Å². The molecule has 1 atom stereocenters. The fraction of sp³-hybridized carbons (Fsp3) is 0.480. The number of carbonyl (C=O) groups excluding carboxylic acids is 1. The van der Waals surface area contributed by atoms with Gasteiger partial charge < -0.3 is 18.9 Å². The van der Waals surface area contributed by atoms with Crippen LogP contribution in [0.1, 0.15) is 50.2 Å². The molecule has 8 heteroatoms.